The van der Waals surface area contributed by atoms with Crippen molar-refractivity contribution in [2.45, 2.75) is 45.4 Å². The molecule has 1 fully saturated rings. The number of hydrogen-bond donors (Lipinski definition) is 1. The van der Waals surface area contributed by atoms with Gasteiger partial charge in [-0.3, -0.25) is 9.89 Å². The molecule has 0 radical (unpaired) electrons. The number of aryl methyl sites for hydroxylation is 1. The third-order valence-electron chi connectivity index (χ3n) is 5.23. The highest BCUT2D eigenvalue weighted by Gasteiger charge is 2.30. The predicted molar refractivity (Wildman–Crippen MR) is 104 cm³/mol. The maximum absolute atomic E-state index is 13.0. The van der Waals surface area contributed by atoms with Crippen LogP contribution in [0.25, 0.3) is 11.1 Å². The number of hydrogen-bond acceptors (Lipinski definition) is 4. The Morgan fingerprint density at radius 3 is 2.78 bits per heavy atom. The average Bonchev–Trinajstić information content (AvgIpc) is 3.24. The molecule has 142 valence electrons. The van der Waals surface area contributed by atoms with Crippen LogP contribution in [0.1, 0.15) is 66.2 Å². The summed E-state index contributed by atoms with van der Waals surface area (Å²) in [5, 5.41) is 7.93. The fraction of sp³-hybridized carbons (Fsp3) is 0.450. The number of aromatic amines is 1. The molecule has 2 aromatic heterocycles. The van der Waals surface area contributed by atoms with Gasteiger partial charge in [-0.2, -0.15) is 5.10 Å². The van der Waals surface area contributed by atoms with Crippen LogP contribution >= 0.6 is 11.6 Å². The van der Waals surface area contributed by atoms with E-state index in [2.05, 4.69) is 29.0 Å². The largest absolute Gasteiger partial charge is 0.440 e. The van der Waals surface area contributed by atoms with Crippen molar-refractivity contribution in [3.63, 3.8) is 0 Å². The summed E-state index contributed by atoms with van der Waals surface area (Å²) in [6.45, 7) is 7.38. The summed E-state index contributed by atoms with van der Waals surface area (Å²) >= 11 is 6.03. The van der Waals surface area contributed by atoms with Crippen LogP contribution in [0.4, 0.5) is 0 Å². The minimum atomic E-state index is 0.0627. The Labute approximate surface area is 162 Å². The van der Waals surface area contributed by atoms with Crippen LogP contribution in [0, 0.1) is 6.92 Å². The Morgan fingerprint density at radius 1 is 1.33 bits per heavy atom. The van der Waals surface area contributed by atoms with E-state index >= 15 is 0 Å². The van der Waals surface area contributed by atoms with Gasteiger partial charge in [0.05, 0.1) is 11.3 Å². The summed E-state index contributed by atoms with van der Waals surface area (Å²) in [5.74, 6) is 1.22. The molecule has 3 heterocycles. The molecule has 4 rings (SSSR count). The number of nitrogens with zero attached hydrogens (tertiary/aromatic N) is 3. The molecule has 0 spiro atoms. The van der Waals surface area contributed by atoms with Crippen LogP contribution in [0.2, 0.25) is 5.02 Å². The highest BCUT2D eigenvalue weighted by atomic mass is 35.5. The molecule has 0 saturated carbocycles. The number of fused-ring (bicyclic) bond motifs is 1. The van der Waals surface area contributed by atoms with E-state index in [1.54, 1.807) is 6.07 Å². The molecular weight excluding hydrogens is 364 g/mol. The van der Waals surface area contributed by atoms with Crippen LogP contribution in [-0.4, -0.2) is 39.1 Å². The van der Waals surface area contributed by atoms with Gasteiger partial charge >= 0.3 is 0 Å². The molecule has 7 heteroatoms. The Kier molecular flexibility index (Phi) is 4.68. The number of piperidine rings is 1. The van der Waals surface area contributed by atoms with Crippen molar-refractivity contribution in [3.8, 4) is 0 Å². The number of aromatic nitrogens is 3. The summed E-state index contributed by atoms with van der Waals surface area (Å²) in [6, 6.07) is 5.47. The lowest BCUT2D eigenvalue weighted by atomic mass is 9.95. The molecule has 6 nitrogen and oxygen atoms in total. The van der Waals surface area contributed by atoms with E-state index in [4.69, 9.17) is 16.0 Å². The number of amides is 1. The first-order valence-corrected chi connectivity index (χ1v) is 9.72. The monoisotopic (exact) mass is 386 g/mol. The molecule has 1 saturated heterocycles. The van der Waals surface area contributed by atoms with Crippen LogP contribution in [0.15, 0.2) is 22.6 Å². The maximum Gasteiger partial charge on any atom is 0.257 e. The molecule has 3 aromatic rings. The van der Waals surface area contributed by atoms with Crippen molar-refractivity contribution in [3.05, 3.63) is 46.1 Å². The second kappa shape index (κ2) is 7.00. The Hall–Kier alpha value is -2.34. The molecule has 27 heavy (non-hydrogen) atoms. The van der Waals surface area contributed by atoms with Crippen LogP contribution in [-0.2, 0) is 0 Å². The molecule has 1 N–H and O–H groups in total. The van der Waals surface area contributed by atoms with Crippen molar-refractivity contribution in [1.29, 1.82) is 0 Å². The standard InChI is InChI=1S/C20H23ClN4O2/c1-11(2)18-17(12(3)23-24-18)20(26)25-8-6-13(7-9-25)19-22-15-10-14(21)4-5-16(15)27-19/h4-5,10-11,13H,6-9H2,1-3H3,(H,23,24). The number of nitrogens with one attached hydrogen (secondary N) is 1. The van der Waals surface area contributed by atoms with Gasteiger partial charge in [-0.25, -0.2) is 4.98 Å². The predicted octanol–water partition coefficient (Wildman–Crippen LogP) is 4.66. The van der Waals surface area contributed by atoms with Crippen molar-refractivity contribution >= 4 is 28.6 Å². The van der Waals surface area contributed by atoms with Gasteiger partial charge in [0.1, 0.15) is 5.52 Å². The highest BCUT2D eigenvalue weighted by molar-refractivity contribution is 6.31. The molecule has 1 aromatic carbocycles. The normalized spacial score (nSPS) is 15.8. The first kappa shape index (κ1) is 18.0. The van der Waals surface area contributed by atoms with E-state index < -0.39 is 0 Å². The number of carbonyl (C=O) groups is 1. The van der Waals surface area contributed by atoms with Crippen LogP contribution in [0.5, 0.6) is 0 Å². The van der Waals surface area contributed by atoms with Crippen molar-refractivity contribution in [2.75, 3.05) is 13.1 Å². The van der Waals surface area contributed by atoms with E-state index in [1.807, 2.05) is 24.0 Å². The SMILES string of the molecule is Cc1[nH]nc(C(C)C)c1C(=O)N1CCC(c2nc3cc(Cl)ccc3o2)CC1. The van der Waals surface area contributed by atoms with Crippen LogP contribution in [0.3, 0.4) is 0 Å². The lowest BCUT2D eigenvalue weighted by Gasteiger charge is -2.31. The highest BCUT2D eigenvalue weighted by Crippen LogP contribution is 2.32. The van der Waals surface area contributed by atoms with Gasteiger partial charge in [0, 0.05) is 29.7 Å². The number of benzene rings is 1. The van der Waals surface area contributed by atoms with E-state index in [0.29, 0.717) is 18.1 Å². The lowest BCUT2D eigenvalue weighted by Crippen LogP contribution is -2.38. The van der Waals surface area contributed by atoms with E-state index in [-0.39, 0.29) is 17.7 Å². The van der Waals surface area contributed by atoms with Crippen LogP contribution < -0.4 is 0 Å². The molecule has 1 aliphatic heterocycles. The second-order valence-corrected chi connectivity index (χ2v) is 7.93. The number of likely N-dealkylation sites (tertiary alicyclic amines) is 1. The number of rotatable bonds is 3. The molecule has 0 unspecified atom stereocenters. The second-order valence-electron chi connectivity index (χ2n) is 7.49. The summed E-state index contributed by atoms with van der Waals surface area (Å²) in [5.41, 5.74) is 3.94. The fourth-order valence-electron chi connectivity index (χ4n) is 3.72. The first-order valence-electron chi connectivity index (χ1n) is 9.34. The number of carbonyl (C=O) groups excluding carboxylic acids is 1. The Balaban J connectivity index is 1.48. The van der Waals surface area contributed by atoms with E-state index in [0.717, 1.165) is 46.8 Å². The van der Waals surface area contributed by atoms with Gasteiger partial charge < -0.3 is 9.32 Å². The number of halogens is 1. The topological polar surface area (TPSA) is 75.0 Å². The zero-order chi connectivity index (χ0) is 19.1. The van der Waals surface area contributed by atoms with Gasteiger partial charge in [-0.05, 0) is 43.9 Å². The zero-order valence-corrected chi connectivity index (χ0v) is 16.5. The average molecular weight is 387 g/mol. The van der Waals surface area contributed by atoms with Crippen molar-refractivity contribution in [2.24, 2.45) is 0 Å². The summed E-state index contributed by atoms with van der Waals surface area (Å²) in [7, 11) is 0. The molecule has 0 aliphatic carbocycles. The van der Waals surface area contributed by atoms with Crippen molar-refractivity contribution in [1.82, 2.24) is 20.1 Å². The fourth-order valence-corrected chi connectivity index (χ4v) is 3.88. The van der Waals surface area contributed by atoms with Gasteiger partial charge in [0.25, 0.3) is 5.91 Å². The van der Waals surface area contributed by atoms with Gasteiger partial charge in [-0.1, -0.05) is 25.4 Å². The lowest BCUT2D eigenvalue weighted by molar-refractivity contribution is 0.0704. The summed E-state index contributed by atoms with van der Waals surface area (Å²) in [4.78, 5) is 19.6. The quantitative estimate of drug-likeness (QED) is 0.710. The molecule has 1 amide bonds. The van der Waals surface area contributed by atoms with Crippen molar-refractivity contribution < 1.29 is 9.21 Å². The molecule has 0 bridgehead atoms. The maximum atomic E-state index is 13.0. The molecule has 0 atom stereocenters. The van der Waals surface area contributed by atoms with Gasteiger partial charge in [-0.15, -0.1) is 0 Å². The Morgan fingerprint density at radius 2 is 2.07 bits per heavy atom. The van der Waals surface area contributed by atoms with E-state index in [9.17, 15) is 4.79 Å². The molecule has 1 aliphatic rings. The summed E-state index contributed by atoms with van der Waals surface area (Å²) < 4.78 is 5.91. The Bertz CT molecular complexity index is 983. The minimum Gasteiger partial charge on any atom is -0.440 e. The van der Waals surface area contributed by atoms with Gasteiger partial charge in [0.2, 0.25) is 0 Å². The summed E-state index contributed by atoms with van der Waals surface area (Å²) in [6.07, 6.45) is 1.67. The van der Waals surface area contributed by atoms with Gasteiger partial charge in [0.15, 0.2) is 11.5 Å². The first-order chi connectivity index (χ1) is 12.9. The number of H-pyrrole nitrogens is 1. The number of oxazole rings is 1. The zero-order valence-electron chi connectivity index (χ0n) is 15.8. The smallest absolute Gasteiger partial charge is 0.257 e. The third kappa shape index (κ3) is 3.34. The molecular formula is C20H23ClN4O2. The third-order valence-corrected chi connectivity index (χ3v) is 5.47. The van der Waals surface area contributed by atoms with E-state index in [1.165, 1.54) is 0 Å². The minimum absolute atomic E-state index is 0.0627.